The Bertz CT molecular complexity index is 6120. The van der Waals surface area contributed by atoms with Crippen LogP contribution in [0.4, 0.5) is 43.9 Å². The fraction of sp³-hybridized carbons (Fsp3) is 0.333. The average Bonchev–Trinajstić information content (AvgIpc) is 1.70. The quantitative estimate of drug-likeness (QED) is 0.0596. The molecule has 5 amide bonds. The van der Waals surface area contributed by atoms with Gasteiger partial charge in [0.2, 0.25) is 29.5 Å². The van der Waals surface area contributed by atoms with E-state index in [-0.39, 0.29) is 112 Å². The van der Waals surface area contributed by atoms with Gasteiger partial charge in [0.1, 0.15) is 109 Å². The Morgan fingerprint density at radius 1 is 0.317 bits per heavy atom. The van der Waals surface area contributed by atoms with Crippen LogP contribution in [-0.2, 0) is 74.0 Å². The van der Waals surface area contributed by atoms with E-state index in [4.69, 9.17) is 79.8 Å². The maximum atomic E-state index is 14.5. The molecule has 760 valence electrons. The lowest BCUT2D eigenvalue weighted by Crippen LogP contribution is -2.51. The third kappa shape index (κ3) is 20.6. The Hall–Kier alpha value is -10.3. The number of ether oxygens (including phenoxy) is 1. The molecule has 0 bridgehead atoms. The molecule has 0 saturated heterocycles. The molecule has 10 aromatic carbocycles. The summed E-state index contributed by atoms with van der Waals surface area (Å²) in [5, 5.41) is 32.9. The molecule has 0 aromatic heterocycles. The maximum Gasteiger partial charge on any atom is 0.241 e. The summed E-state index contributed by atoms with van der Waals surface area (Å²) in [6, 6.07) is 44.4. The van der Waals surface area contributed by atoms with Crippen molar-refractivity contribution < 1.29 is 72.6 Å². The molecular formula is C105H101Cl4F10N15O6S5. The smallest absolute Gasteiger partial charge is 0.241 e. The van der Waals surface area contributed by atoms with Crippen LogP contribution in [0, 0.1) is 94.7 Å². The van der Waals surface area contributed by atoms with E-state index in [1.807, 2.05) is 97.9 Å². The second kappa shape index (κ2) is 44.6. The second-order valence-corrected chi connectivity index (χ2v) is 44.1. The van der Waals surface area contributed by atoms with E-state index in [1.165, 1.54) is 118 Å². The Balaban J connectivity index is 0.000000130. The highest BCUT2D eigenvalue weighted by Crippen LogP contribution is 2.65. The summed E-state index contributed by atoms with van der Waals surface area (Å²) >= 11 is 31.6. The van der Waals surface area contributed by atoms with E-state index in [2.05, 4.69) is 25.5 Å². The van der Waals surface area contributed by atoms with Crippen LogP contribution < -0.4 is 33.4 Å². The highest BCUT2D eigenvalue weighted by Gasteiger charge is 2.62. The molecule has 0 saturated carbocycles. The van der Waals surface area contributed by atoms with Crippen molar-refractivity contribution in [1.82, 2.24) is 25.0 Å². The number of halogens is 14. The average molecular weight is 2160 g/mol. The van der Waals surface area contributed by atoms with Crippen LogP contribution in [0.25, 0.3) is 0 Å². The van der Waals surface area contributed by atoms with Gasteiger partial charge < -0.3 is 33.4 Å². The van der Waals surface area contributed by atoms with E-state index in [0.717, 1.165) is 198 Å². The number of aryl methyl sites for hydroxylation is 5. The van der Waals surface area contributed by atoms with Crippen molar-refractivity contribution in [2.24, 2.45) is 83.8 Å². The summed E-state index contributed by atoms with van der Waals surface area (Å²) in [4.78, 5) is 58.8. The molecule has 145 heavy (non-hydrogen) atoms. The van der Waals surface area contributed by atoms with Crippen LogP contribution in [0.5, 0.6) is 5.75 Å². The Kier molecular flexibility index (Phi) is 33.1. The third-order valence-corrected chi connectivity index (χ3v) is 35.9. The van der Waals surface area contributed by atoms with Crippen molar-refractivity contribution in [3.8, 4) is 5.75 Å². The summed E-state index contributed by atoms with van der Waals surface area (Å²) in [7, 11) is 0. The first-order valence-electron chi connectivity index (χ1n) is 46.9. The Morgan fingerprint density at radius 2 is 0.538 bits per heavy atom. The number of thioether (sulfide) groups is 5. The molecule has 6 heterocycles. The van der Waals surface area contributed by atoms with Gasteiger partial charge in [0.15, 0.2) is 4.87 Å². The number of benzene rings is 10. The summed E-state index contributed by atoms with van der Waals surface area (Å²) in [5.74, 6) is -6.69. The number of hydrogen-bond donors (Lipinski definition) is 5. The largest absolute Gasteiger partial charge is 0.492 e. The SMILES string of the molecule is CC(=O)N1N=C(c2cc(F)ccc2F)S[C@@]12c1cc(Cl)ccc1CC[C@@H]2CCN.CC(=O)N1N=C(c2cc(F)ccc2F)S[C@@]12c1cc(Cl)ccc1CC[C@H]2CCN.CC(=O)N1N=C(c2cc(F)ccc2F)S[C@]12c1cc(Cl)ccc1CC[C@@H]2CCN.CC(=O)N1N=C(c2cc(F)ccc2F)S[C@]12c1cc(Cl)ccc1CC[C@H]2CCN.CC(=O)N1N=C(c2cc(F)ccc2F)S[C@]12c1cccc(C)c1OC[C@@H]2CCN. The van der Waals surface area contributed by atoms with Crippen LogP contribution in [-0.4, -0.2) is 119 Å². The third-order valence-electron chi connectivity index (χ3n) is 27.3. The van der Waals surface area contributed by atoms with Crippen molar-refractivity contribution in [2.75, 3.05) is 39.3 Å². The first kappa shape index (κ1) is 107. The fourth-order valence-electron chi connectivity index (χ4n) is 21.0. The van der Waals surface area contributed by atoms with Gasteiger partial charge in [0.05, 0.1) is 6.61 Å². The first-order chi connectivity index (χ1) is 69.3. The minimum atomic E-state index is -0.932. The number of nitrogens with zero attached hydrogens (tertiary/aromatic N) is 10. The maximum absolute atomic E-state index is 14.5. The van der Waals surface area contributed by atoms with Crippen LogP contribution >= 0.6 is 105 Å². The predicted octanol–water partition coefficient (Wildman–Crippen LogP) is 22.3. The van der Waals surface area contributed by atoms with Gasteiger partial charge in [-0.2, -0.15) is 25.5 Å². The van der Waals surface area contributed by atoms with Gasteiger partial charge in [0.25, 0.3) is 0 Å². The number of nitrogens with two attached hydrogens (primary N) is 5. The van der Waals surface area contributed by atoms with Crippen molar-refractivity contribution in [3.05, 3.63) is 344 Å². The number of rotatable bonds is 15. The minimum absolute atomic E-state index is 0.00904. The van der Waals surface area contributed by atoms with Gasteiger partial charge in [0, 0.05) is 94.0 Å². The van der Waals surface area contributed by atoms with Gasteiger partial charge in [-0.05, 0) is 336 Å². The molecule has 10 N–H and O–H groups in total. The number of para-hydroxylation sites is 1. The van der Waals surface area contributed by atoms with E-state index < -0.39 is 82.5 Å². The Labute approximate surface area is 873 Å². The molecule has 4 aliphatic carbocycles. The lowest BCUT2D eigenvalue weighted by atomic mass is 9.77. The highest BCUT2D eigenvalue weighted by molar-refractivity contribution is 8.16. The van der Waals surface area contributed by atoms with E-state index in [1.54, 1.807) is 0 Å². The van der Waals surface area contributed by atoms with Crippen LogP contribution in [0.3, 0.4) is 0 Å². The van der Waals surface area contributed by atoms with Gasteiger partial charge in [-0.3, -0.25) is 24.0 Å². The molecule has 5 spiro atoms. The molecular weight excluding hydrogens is 2060 g/mol. The Morgan fingerprint density at radius 3 is 0.759 bits per heavy atom. The van der Waals surface area contributed by atoms with Crippen LogP contribution in [0.15, 0.2) is 207 Å². The molecule has 10 atom stereocenters. The zero-order chi connectivity index (χ0) is 104. The molecule has 10 aliphatic rings. The topological polar surface area (TPSA) is 303 Å². The predicted molar refractivity (Wildman–Crippen MR) is 555 cm³/mol. The van der Waals surface area contributed by atoms with Crippen molar-refractivity contribution in [1.29, 1.82) is 0 Å². The van der Waals surface area contributed by atoms with Crippen LogP contribution in [0.2, 0.25) is 20.1 Å². The van der Waals surface area contributed by atoms with E-state index >= 15 is 0 Å². The monoisotopic (exact) mass is 2160 g/mol. The number of carbonyl (C=O) groups is 5. The summed E-state index contributed by atoms with van der Waals surface area (Å²) in [5.41, 5.74) is 39.1. The van der Waals surface area contributed by atoms with Crippen LogP contribution in [0.1, 0.15) is 176 Å². The molecule has 6 aliphatic heterocycles. The van der Waals surface area contributed by atoms with E-state index in [9.17, 15) is 67.9 Å². The van der Waals surface area contributed by atoms with Gasteiger partial charge in [-0.25, -0.2) is 68.9 Å². The lowest BCUT2D eigenvalue weighted by Gasteiger charge is -2.45. The number of fused-ring (bicyclic) bond motifs is 10. The van der Waals surface area contributed by atoms with Crippen molar-refractivity contribution >= 4 is 160 Å². The summed E-state index contributed by atoms with van der Waals surface area (Å²) < 4.78 is 148. The zero-order valence-corrected chi connectivity index (χ0v) is 86.4. The molecule has 10 aromatic rings. The standard InChI is InChI=1S/4C21H20ClF2N3OS.C21H21F2N3O2S/c4*1-12(28)27-21(29-20(26-27)17-11-16(23)6-7-19(17)24)14(8-9-25)4-2-13-3-5-15(22)10-18(13)21;1-12-4-3-5-17-19(12)28-11-14(8-9-24)21(17)26(13(2)27)25-20(29-21)16-10-15(22)6-7-18(16)23/h4*3,5-7,10-11,14H,2,4,8-9,25H2,1H3;3-7,10,14H,8-9,11,24H2,1-2H3/t2*14-,21+;2*14-,21-;14-,21+/m10100/s1. The minimum Gasteiger partial charge on any atom is -0.492 e. The molecule has 21 nitrogen and oxygen atoms in total. The molecule has 40 heteroatoms. The number of hydrogen-bond acceptors (Lipinski definition) is 21. The molecule has 0 unspecified atom stereocenters. The number of amides is 5. The van der Waals surface area contributed by atoms with Gasteiger partial charge in [-0.1, -0.05) is 148 Å². The summed E-state index contributed by atoms with van der Waals surface area (Å²) in [6.07, 6.45) is 9.76. The normalized spacial score (nSPS) is 23.2. The second-order valence-electron chi connectivity index (χ2n) is 36.3. The highest BCUT2D eigenvalue weighted by atomic mass is 35.5. The lowest BCUT2D eigenvalue weighted by molar-refractivity contribution is -0.135. The first-order valence-corrected chi connectivity index (χ1v) is 52.5. The fourth-order valence-corrected chi connectivity index (χ4v) is 29.9. The number of hydrazone groups is 5. The molecule has 20 rings (SSSR count). The zero-order valence-electron chi connectivity index (χ0n) is 79.3. The van der Waals surface area contributed by atoms with Gasteiger partial charge in [-0.15, -0.1) is 0 Å². The van der Waals surface area contributed by atoms with Crippen molar-refractivity contribution in [3.63, 3.8) is 0 Å². The summed E-state index contributed by atoms with van der Waals surface area (Å²) in [6.45, 7) is 11.6. The van der Waals surface area contributed by atoms with E-state index in [0.29, 0.717) is 97.3 Å². The number of carbonyl (C=O) groups excluding carboxylic acids is 5. The van der Waals surface area contributed by atoms with Crippen molar-refractivity contribution in [2.45, 2.75) is 149 Å². The van der Waals surface area contributed by atoms with Gasteiger partial charge >= 0.3 is 0 Å². The molecule has 0 fully saturated rings. The molecule has 0 radical (unpaired) electrons.